The van der Waals surface area contributed by atoms with Crippen LogP contribution in [0.15, 0.2) is 30.3 Å². The van der Waals surface area contributed by atoms with Crippen LogP contribution in [0, 0.1) is 10.5 Å². The lowest BCUT2D eigenvalue weighted by atomic mass is 9.91. The number of benzene rings is 1. The summed E-state index contributed by atoms with van der Waals surface area (Å²) in [5, 5.41) is 11.0. The van der Waals surface area contributed by atoms with Crippen molar-refractivity contribution in [2.24, 2.45) is 0 Å². The fourth-order valence-electron chi connectivity index (χ4n) is 3.33. The summed E-state index contributed by atoms with van der Waals surface area (Å²) in [6.07, 6.45) is 4.34. The van der Waals surface area contributed by atoms with Gasteiger partial charge < -0.3 is 20.9 Å². The highest BCUT2D eigenvalue weighted by molar-refractivity contribution is 14.1. The van der Waals surface area contributed by atoms with E-state index in [1.807, 2.05) is 44.1 Å². The molecule has 2 aromatic rings. The van der Waals surface area contributed by atoms with E-state index in [1.165, 1.54) is 3.57 Å². The summed E-state index contributed by atoms with van der Waals surface area (Å²) in [4.78, 5) is 11.0. The maximum Gasteiger partial charge on any atom is 0.170 e. The molecule has 0 amide bonds. The molecule has 0 radical (unpaired) electrons. The zero-order chi connectivity index (χ0) is 20.1. The Labute approximate surface area is 186 Å². The maximum atomic E-state index is 5.48. The Hall–Kier alpha value is -1.68. The fourth-order valence-corrected chi connectivity index (χ4v) is 3.98. The Morgan fingerprint density at radius 1 is 1.07 bits per heavy atom. The second-order valence-electron chi connectivity index (χ2n) is 7.35. The van der Waals surface area contributed by atoms with Crippen molar-refractivity contribution in [1.82, 2.24) is 15.3 Å². The summed E-state index contributed by atoms with van der Waals surface area (Å²) in [6, 6.07) is 11.1. The molecular weight excluding hydrogens is 483 g/mol. The molecule has 0 spiro atoms. The SMILES string of the molecule is Cc1nc(NC2CCC(NC(=S)Nc3ccc(I)cc3)CC2)cc(N(C)C)n1. The van der Waals surface area contributed by atoms with Gasteiger partial charge in [-0.3, -0.25) is 0 Å². The number of hydrogen-bond acceptors (Lipinski definition) is 5. The van der Waals surface area contributed by atoms with Crippen LogP contribution in [0.3, 0.4) is 0 Å². The predicted molar refractivity (Wildman–Crippen MR) is 129 cm³/mol. The number of anilines is 3. The van der Waals surface area contributed by atoms with E-state index in [-0.39, 0.29) is 0 Å². The van der Waals surface area contributed by atoms with Crippen LogP contribution in [0.25, 0.3) is 0 Å². The lowest BCUT2D eigenvalue weighted by Crippen LogP contribution is -2.42. The first-order valence-electron chi connectivity index (χ1n) is 9.51. The molecule has 1 aliphatic rings. The van der Waals surface area contributed by atoms with Crippen LogP contribution in [-0.4, -0.2) is 41.3 Å². The zero-order valence-corrected chi connectivity index (χ0v) is 19.5. The van der Waals surface area contributed by atoms with Crippen molar-refractivity contribution in [3.63, 3.8) is 0 Å². The van der Waals surface area contributed by atoms with Crippen molar-refractivity contribution in [1.29, 1.82) is 0 Å². The minimum Gasteiger partial charge on any atom is -0.367 e. The summed E-state index contributed by atoms with van der Waals surface area (Å²) in [7, 11) is 3.99. The number of aryl methyl sites for hydroxylation is 1. The molecule has 150 valence electrons. The minimum absolute atomic E-state index is 0.409. The van der Waals surface area contributed by atoms with Crippen molar-refractivity contribution in [2.45, 2.75) is 44.7 Å². The Bertz CT molecular complexity index is 803. The van der Waals surface area contributed by atoms with Gasteiger partial charge in [-0.25, -0.2) is 9.97 Å². The van der Waals surface area contributed by atoms with Gasteiger partial charge in [-0.05, 0) is 91.7 Å². The smallest absolute Gasteiger partial charge is 0.170 e. The lowest BCUT2D eigenvalue weighted by Gasteiger charge is -2.31. The molecule has 0 saturated heterocycles. The highest BCUT2D eigenvalue weighted by Crippen LogP contribution is 2.23. The normalized spacial score (nSPS) is 19.0. The van der Waals surface area contributed by atoms with Crippen molar-refractivity contribution in [3.8, 4) is 0 Å². The number of thiocarbonyl (C=S) groups is 1. The standard InChI is InChI=1S/C20H27IN6S/c1-13-22-18(12-19(23-13)27(2)3)24-15-8-10-17(11-9-15)26-20(28)25-16-6-4-14(21)5-7-16/h4-7,12,15,17H,8-11H2,1-3H3,(H,22,23,24)(H2,25,26,28). The molecule has 6 nitrogen and oxygen atoms in total. The van der Waals surface area contributed by atoms with Crippen LogP contribution >= 0.6 is 34.8 Å². The first-order chi connectivity index (χ1) is 13.4. The van der Waals surface area contributed by atoms with E-state index in [9.17, 15) is 0 Å². The molecular formula is C20H27IN6S. The van der Waals surface area contributed by atoms with E-state index in [0.29, 0.717) is 17.2 Å². The van der Waals surface area contributed by atoms with Crippen molar-refractivity contribution < 1.29 is 0 Å². The Kier molecular flexibility index (Phi) is 7.28. The summed E-state index contributed by atoms with van der Waals surface area (Å²) in [5.74, 6) is 2.62. The molecule has 3 N–H and O–H groups in total. The summed E-state index contributed by atoms with van der Waals surface area (Å²) < 4.78 is 1.21. The van der Waals surface area contributed by atoms with Crippen LogP contribution in [-0.2, 0) is 0 Å². The van der Waals surface area contributed by atoms with Gasteiger partial charge in [0.15, 0.2) is 5.11 Å². The average Bonchev–Trinajstić information content (AvgIpc) is 2.65. The molecule has 0 bridgehead atoms. The largest absolute Gasteiger partial charge is 0.367 e. The molecule has 3 rings (SSSR count). The van der Waals surface area contributed by atoms with Gasteiger partial charge in [-0.15, -0.1) is 0 Å². The minimum atomic E-state index is 0.409. The molecule has 0 atom stereocenters. The van der Waals surface area contributed by atoms with Crippen molar-refractivity contribution in [3.05, 3.63) is 39.7 Å². The third-order valence-corrected chi connectivity index (χ3v) is 5.74. The number of halogens is 1. The summed E-state index contributed by atoms with van der Waals surface area (Å²) >= 11 is 7.77. The van der Waals surface area contributed by atoms with Crippen LogP contribution in [0.5, 0.6) is 0 Å². The van der Waals surface area contributed by atoms with Crippen LogP contribution in [0.4, 0.5) is 17.3 Å². The first kappa shape index (κ1) is 21.0. The third-order valence-electron chi connectivity index (χ3n) is 4.80. The van der Waals surface area contributed by atoms with E-state index in [0.717, 1.165) is 48.8 Å². The molecule has 1 aliphatic carbocycles. The lowest BCUT2D eigenvalue weighted by molar-refractivity contribution is 0.388. The van der Waals surface area contributed by atoms with Crippen LogP contribution in [0.2, 0.25) is 0 Å². The average molecular weight is 510 g/mol. The van der Waals surface area contributed by atoms with Gasteiger partial charge in [0.2, 0.25) is 0 Å². The molecule has 1 aromatic heterocycles. The number of rotatable bonds is 5. The fraction of sp³-hybridized carbons (Fsp3) is 0.450. The van der Waals surface area contributed by atoms with E-state index in [1.54, 1.807) is 0 Å². The van der Waals surface area contributed by atoms with E-state index >= 15 is 0 Å². The summed E-state index contributed by atoms with van der Waals surface area (Å²) in [6.45, 7) is 1.93. The zero-order valence-electron chi connectivity index (χ0n) is 16.5. The highest BCUT2D eigenvalue weighted by atomic mass is 127. The van der Waals surface area contributed by atoms with Crippen molar-refractivity contribution >= 4 is 57.2 Å². The van der Waals surface area contributed by atoms with Gasteiger partial charge in [-0.1, -0.05) is 0 Å². The monoisotopic (exact) mass is 510 g/mol. The Morgan fingerprint density at radius 3 is 2.36 bits per heavy atom. The number of aromatic nitrogens is 2. The molecule has 1 heterocycles. The third kappa shape index (κ3) is 6.16. The van der Waals surface area contributed by atoms with Crippen LogP contribution in [0.1, 0.15) is 31.5 Å². The molecule has 0 aliphatic heterocycles. The molecule has 0 unspecified atom stereocenters. The number of nitrogens with zero attached hydrogens (tertiary/aromatic N) is 3. The maximum absolute atomic E-state index is 5.48. The quantitative estimate of drug-likeness (QED) is 0.413. The first-order valence-corrected chi connectivity index (χ1v) is 11.0. The number of hydrogen-bond donors (Lipinski definition) is 3. The molecule has 8 heteroatoms. The van der Waals surface area contributed by atoms with E-state index in [2.05, 4.69) is 60.6 Å². The molecule has 1 fully saturated rings. The van der Waals surface area contributed by atoms with Crippen LogP contribution < -0.4 is 20.9 Å². The van der Waals surface area contributed by atoms with Gasteiger partial charge in [-0.2, -0.15) is 0 Å². The van der Waals surface area contributed by atoms with Gasteiger partial charge in [0.05, 0.1) is 0 Å². The van der Waals surface area contributed by atoms with Gasteiger partial charge in [0, 0.05) is 41.5 Å². The molecule has 28 heavy (non-hydrogen) atoms. The van der Waals surface area contributed by atoms with Gasteiger partial charge >= 0.3 is 0 Å². The second-order valence-corrected chi connectivity index (χ2v) is 9.01. The Morgan fingerprint density at radius 2 is 1.71 bits per heavy atom. The van der Waals surface area contributed by atoms with Gasteiger partial charge in [0.25, 0.3) is 0 Å². The second kappa shape index (κ2) is 9.69. The topological polar surface area (TPSA) is 65.1 Å². The van der Waals surface area contributed by atoms with E-state index in [4.69, 9.17) is 12.2 Å². The summed E-state index contributed by atoms with van der Waals surface area (Å²) in [5.41, 5.74) is 1.02. The predicted octanol–water partition coefficient (Wildman–Crippen LogP) is 4.17. The molecule has 1 saturated carbocycles. The van der Waals surface area contributed by atoms with E-state index < -0.39 is 0 Å². The van der Waals surface area contributed by atoms with Gasteiger partial charge in [0.1, 0.15) is 17.5 Å². The van der Waals surface area contributed by atoms with Crippen molar-refractivity contribution in [2.75, 3.05) is 29.6 Å². The Balaban J connectivity index is 1.46. The molecule has 1 aromatic carbocycles. The highest BCUT2D eigenvalue weighted by Gasteiger charge is 2.22. The number of nitrogens with one attached hydrogen (secondary N) is 3.